The fraction of sp³-hybridized carbons (Fsp3) is 0.278. The molecule has 2 aromatic carbocycles. The van der Waals surface area contributed by atoms with Gasteiger partial charge in [-0.25, -0.2) is 4.39 Å². The summed E-state index contributed by atoms with van der Waals surface area (Å²) in [6, 6.07) is 11.9. The molecule has 0 unspecified atom stereocenters. The SMILES string of the molecule is COc1ccc2c(c1)CCCN2C(=O)Cc1ccc(F)cc1. The van der Waals surface area contributed by atoms with E-state index in [1.54, 1.807) is 19.2 Å². The molecule has 0 spiro atoms. The first-order valence-electron chi connectivity index (χ1n) is 7.39. The van der Waals surface area contributed by atoms with Gasteiger partial charge in [-0.3, -0.25) is 4.79 Å². The standard InChI is InChI=1S/C18H18FNO2/c1-22-16-8-9-17-14(12-16)3-2-10-20(17)18(21)11-13-4-6-15(19)7-5-13/h4-9,12H,2-3,10-11H2,1H3. The fourth-order valence-electron chi connectivity index (χ4n) is 2.83. The van der Waals surface area contributed by atoms with E-state index >= 15 is 0 Å². The van der Waals surface area contributed by atoms with Gasteiger partial charge in [-0.2, -0.15) is 0 Å². The number of benzene rings is 2. The number of aryl methyl sites for hydroxylation is 1. The number of hydrogen-bond donors (Lipinski definition) is 0. The van der Waals surface area contributed by atoms with Crippen molar-refractivity contribution < 1.29 is 13.9 Å². The summed E-state index contributed by atoms with van der Waals surface area (Å²) < 4.78 is 18.2. The maximum Gasteiger partial charge on any atom is 0.231 e. The van der Waals surface area contributed by atoms with E-state index in [9.17, 15) is 9.18 Å². The Bertz CT molecular complexity index is 682. The van der Waals surface area contributed by atoms with E-state index < -0.39 is 0 Å². The van der Waals surface area contributed by atoms with Crippen LogP contribution in [0.15, 0.2) is 42.5 Å². The van der Waals surface area contributed by atoms with Gasteiger partial charge in [-0.15, -0.1) is 0 Å². The van der Waals surface area contributed by atoms with Crippen LogP contribution in [0.3, 0.4) is 0 Å². The number of carbonyl (C=O) groups excluding carboxylic acids is 1. The Morgan fingerprint density at radius 3 is 2.73 bits per heavy atom. The lowest BCUT2D eigenvalue weighted by atomic mass is 10.0. The van der Waals surface area contributed by atoms with Crippen molar-refractivity contribution >= 4 is 11.6 Å². The average molecular weight is 299 g/mol. The zero-order valence-electron chi connectivity index (χ0n) is 12.5. The summed E-state index contributed by atoms with van der Waals surface area (Å²) in [5, 5.41) is 0. The summed E-state index contributed by atoms with van der Waals surface area (Å²) in [5.74, 6) is 0.566. The minimum atomic E-state index is -0.286. The van der Waals surface area contributed by atoms with Crippen molar-refractivity contribution in [2.24, 2.45) is 0 Å². The molecule has 1 aliphatic heterocycles. The van der Waals surface area contributed by atoms with E-state index in [0.717, 1.165) is 42.0 Å². The molecule has 0 aliphatic carbocycles. The number of nitrogens with zero attached hydrogens (tertiary/aromatic N) is 1. The second kappa shape index (κ2) is 6.18. The van der Waals surface area contributed by atoms with Crippen LogP contribution in [0.4, 0.5) is 10.1 Å². The molecule has 4 heteroatoms. The third-order valence-corrected chi connectivity index (χ3v) is 3.97. The second-order valence-electron chi connectivity index (χ2n) is 5.45. The molecule has 22 heavy (non-hydrogen) atoms. The smallest absolute Gasteiger partial charge is 0.231 e. The first kappa shape index (κ1) is 14.6. The maximum atomic E-state index is 12.9. The number of carbonyl (C=O) groups is 1. The first-order valence-corrected chi connectivity index (χ1v) is 7.39. The van der Waals surface area contributed by atoms with Crippen LogP contribution in [0.1, 0.15) is 17.5 Å². The van der Waals surface area contributed by atoms with E-state index in [1.807, 2.05) is 23.1 Å². The number of methoxy groups -OCH3 is 1. The zero-order chi connectivity index (χ0) is 15.5. The predicted octanol–water partition coefficient (Wildman–Crippen LogP) is 3.36. The molecule has 0 radical (unpaired) electrons. The van der Waals surface area contributed by atoms with Crippen molar-refractivity contribution in [3.63, 3.8) is 0 Å². The van der Waals surface area contributed by atoms with E-state index in [2.05, 4.69) is 0 Å². The van der Waals surface area contributed by atoms with Crippen molar-refractivity contribution in [1.82, 2.24) is 0 Å². The molecule has 0 aromatic heterocycles. The van der Waals surface area contributed by atoms with Gasteiger partial charge in [-0.1, -0.05) is 12.1 Å². The molecule has 0 saturated carbocycles. The van der Waals surface area contributed by atoms with Crippen LogP contribution < -0.4 is 9.64 Å². The average Bonchev–Trinajstić information content (AvgIpc) is 2.55. The highest BCUT2D eigenvalue weighted by atomic mass is 19.1. The Morgan fingerprint density at radius 2 is 2.00 bits per heavy atom. The van der Waals surface area contributed by atoms with Crippen LogP contribution in [-0.2, 0) is 17.6 Å². The number of rotatable bonds is 3. The van der Waals surface area contributed by atoms with Gasteiger partial charge >= 0.3 is 0 Å². The van der Waals surface area contributed by atoms with Gasteiger partial charge in [-0.05, 0) is 54.3 Å². The Labute approximate surface area is 129 Å². The molecule has 2 aromatic rings. The summed E-state index contributed by atoms with van der Waals surface area (Å²) >= 11 is 0. The number of anilines is 1. The summed E-state index contributed by atoms with van der Waals surface area (Å²) in [6.45, 7) is 0.722. The van der Waals surface area contributed by atoms with Crippen molar-refractivity contribution in [1.29, 1.82) is 0 Å². The topological polar surface area (TPSA) is 29.5 Å². The summed E-state index contributed by atoms with van der Waals surface area (Å²) in [7, 11) is 1.64. The monoisotopic (exact) mass is 299 g/mol. The quantitative estimate of drug-likeness (QED) is 0.870. The van der Waals surface area contributed by atoms with Gasteiger partial charge in [0, 0.05) is 12.2 Å². The molecular formula is C18H18FNO2. The largest absolute Gasteiger partial charge is 0.497 e. The van der Waals surface area contributed by atoms with Gasteiger partial charge < -0.3 is 9.64 Å². The van der Waals surface area contributed by atoms with Crippen molar-refractivity contribution in [2.45, 2.75) is 19.3 Å². The minimum absolute atomic E-state index is 0.0396. The molecular weight excluding hydrogens is 281 g/mol. The zero-order valence-corrected chi connectivity index (χ0v) is 12.5. The molecule has 3 rings (SSSR count). The first-order chi connectivity index (χ1) is 10.7. The number of amides is 1. The van der Waals surface area contributed by atoms with E-state index in [4.69, 9.17) is 4.74 Å². The van der Waals surface area contributed by atoms with E-state index in [1.165, 1.54) is 12.1 Å². The molecule has 0 fully saturated rings. The Hall–Kier alpha value is -2.36. The van der Waals surface area contributed by atoms with Crippen molar-refractivity contribution in [3.8, 4) is 5.75 Å². The van der Waals surface area contributed by atoms with Crippen LogP contribution in [0.5, 0.6) is 5.75 Å². The maximum absolute atomic E-state index is 12.9. The number of hydrogen-bond acceptors (Lipinski definition) is 2. The second-order valence-corrected chi connectivity index (χ2v) is 5.45. The van der Waals surface area contributed by atoms with Gasteiger partial charge in [0.15, 0.2) is 0 Å². The highest BCUT2D eigenvalue weighted by Crippen LogP contribution is 2.30. The van der Waals surface area contributed by atoms with Gasteiger partial charge in [0.25, 0.3) is 0 Å². The van der Waals surface area contributed by atoms with E-state index in [-0.39, 0.29) is 18.1 Å². The van der Waals surface area contributed by atoms with Crippen molar-refractivity contribution in [3.05, 3.63) is 59.4 Å². The Kier molecular flexibility index (Phi) is 4.09. The summed E-state index contributed by atoms with van der Waals surface area (Å²) in [6.07, 6.45) is 2.17. The summed E-state index contributed by atoms with van der Waals surface area (Å²) in [5.41, 5.74) is 2.92. The number of ether oxygens (including phenoxy) is 1. The lowest BCUT2D eigenvalue weighted by Crippen LogP contribution is -2.36. The third kappa shape index (κ3) is 2.96. The fourth-order valence-corrected chi connectivity index (χ4v) is 2.83. The Balaban J connectivity index is 1.81. The highest BCUT2D eigenvalue weighted by molar-refractivity contribution is 5.96. The van der Waals surface area contributed by atoms with E-state index in [0.29, 0.717) is 0 Å². The number of halogens is 1. The van der Waals surface area contributed by atoms with Crippen LogP contribution in [0, 0.1) is 5.82 Å². The van der Waals surface area contributed by atoms with Crippen molar-refractivity contribution in [2.75, 3.05) is 18.6 Å². The molecule has 1 aliphatic rings. The minimum Gasteiger partial charge on any atom is -0.497 e. The molecule has 0 bridgehead atoms. The lowest BCUT2D eigenvalue weighted by molar-refractivity contribution is -0.118. The van der Waals surface area contributed by atoms with Crippen LogP contribution in [0.25, 0.3) is 0 Å². The molecule has 114 valence electrons. The highest BCUT2D eigenvalue weighted by Gasteiger charge is 2.22. The van der Waals surface area contributed by atoms with Gasteiger partial charge in [0.2, 0.25) is 5.91 Å². The molecule has 1 amide bonds. The molecule has 0 saturated heterocycles. The Morgan fingerprint density at radius 1 is 1.23 bits per heavy atom. The van der Waals surface area contributed by atoms with Crippen LogP contribution in [-0.4, -0.2) is 19.6 Å². The molecule has 0 atom stereocenters. The van der Waals surface area contributed by atoms with Gasteiger partial charge in [0.1, 0.15) is 11.6 Å². The number of fused-ring (bicyclic) bond motifs is 1. The summed E-state index contributed by atoms with van der Waals surface area (Å²) in [4.78, 5) is 14.4. The van der Waals surface area contributed by atoms with Gasteiger partial charge in [0.05, 0.1) is 13.5 Å². The molecule has 1 heterocycles. The third-order valence-electron chi connectivity index (χ3n) is 3.97. The predicted molar refractivity (Wildman–Crippen MR) is 83.8 cm³/mol. The van der Waals surface area contributed by atoms with Crippen LogP contribution >= 0.6 is 0 Å². The van der Waals surface area contributed by atoms with Crippen LogP contribution in [0.2, 0.25) is 0 Å². The normalized spacial score (nSPS) is 13.6. The lowest BCUT2D eigenvalue weighted by Gasteiger charge is -2.30. The molecule has 0 N–H and O–H groups in total. The molecule has 3 nitrogen and oxygen atoms in total.